The molecule has 4 aromatic rings. The molecule has 0 aliphatic heterocycles. The van der Waals surface area contributed by atoms with Crippen LogP contribution in [0.2, 0.25) is 5.02 Å². The Kier molecular flexibility index (Phi) is 3.76. The topological polar surface area (TPSA) is 59.8 Å². The van der Waals surface area contributed by atoms with Crippen molar-refractivity contribution in [2.45, 2.75) is 0 Å². The molecule has 0 bridgehead atoms. The molecule has 24 heavy (non-hydrogen) atoms. The van der Waals surface area contributed by atoms with Gasteiger partial charge in [-0.2, -0.15) is 4.80 Å². The maximum Gasteiger partial charge on any atom is 0.265 e. The number of thiophene rings is 1. The van der Waals surface area contributed by atoms with Crippen molar-refractivity contribution in [2.24, 2.45) is 0 Å². The molecule has 2 aromatic heterocycles. The predicted molar refractivity (Wildman–Crippen MR) is 96.1 cm³/mol. The van der Waals surface area contributed by atoms with E-state index < -0.39 is 0 Å². The van der Waals surface area contributed by atoms with E-state index in [0.29, 0.717) is 26.6 Å². The van der Waals surface area contributed by atoms with Crippen molar-refractivity contribution >= 4 is 45.6 Å². The minimum absolute atomic E-state index is 0.193. The van der Waals surface area contributed by atoms with Crippen LogP contribution in [0.15, 0.2) is 60.0 Å². The zero-order chi connectivity index (χ0) is 16.5. The van der Waals surface area contributed by atoms with Gasteiger partial charge in [0.25, 0.3) is 5.91 Å². The maximum absolute atomic E-state index is 12.2. The summed E-state index contributed by atoms with van der Waals surface area (Å²) in [5.41, 5.74) is 2.69. The van der Waals surface area contributed by atoms with E-state index in [0.717, 1.165) is 5.69 Å². The SMILES string of the molecule is O=C(Nc1cc2nn(-c3ccccc3)nc2cc1Cl)c1cccs1. The zero-order valence-corrected chi connectivity index (χ0v) is 13.9. The average Bonchev–Trinajstić information content (AvgIpc) is 3.25. The number of benzene rings is 2. The number of amides is 1. The molecule has 1 N–H and O–H groups in total. The minimum Gasteiger partial charge on any atom is -0.320 e. The van der Waals surface area contributed by atoms with E-state index in [9.17, 15) is 4.79 Å². The van der Waals surface area contributed by atoms with Gasteiger partial charge in [-0.1, -0.05) is 35.9 Å². The molecule has 0 fully saturated rings. The highest BCUT2D eigenvalue weighted by Crippen LogP contribution is 2.27. The summed E-state index contributed by atoms with van der Waals surface area (Å²) in [7, 11) is 0. The number of carbonyl (C=O) groups excluding carboxylic acids is 1. The number of rotatable bonds is 3. The van der Waals surface area contributed by atoms with E-state index in [2.05, 4.69) is 15.5 Å². The Balaban J connectivity index is 1.70. The number of aromatic nitrogens is 3. The molecule has 2 aromatic carbocycles. The predicted octanol–water partition coefficient (Wildman–Crippen LogP) is 4.39. The number of fused-ring (bicyclic) bond motifs is 1. The Morgan fingerprint density at radius 1 is 1.04 bits per heavy atom. The van der Waals surface area contributed by atoms with Gasteiger partial charge in [-0.05, 0) is 35.7 Å². The molecule has 7 heteroatoms. The van der Waals surface area contributed by atoms with E-state index in [1.807, 2.05) is 41.8 Å². The summed E-state index contributed by atoms with van der Waals surface area (Å²) in [5.74, 6) is -0.193. The van der Waals surface area contributed by atoms with Crippen molar-refractivity contribution in [3.05, 3.63) is 69.9 Å². The molecule has 0 unspecified atom stereocenters. The molecule has 1 amide bonds. The van der Waals surface area contributed by atoms with Crippen LogP contribution in [0.5, 0.6) is 0 Å². The first-order valence-corrected chi connectivity index (χ1v) is 8.43. The second kappa shape index (κ2) is 6.07. The number of hydrogen-bond acceptors (Lipinski definition) is 4. The van der Waals surface area contributed by atoms with E-state index in [1.54, 1.807) is 23.0 Å². The van der Waals surface area contributed by atoms with Crippen LogP contribution in [0.3, 0.4) is 0 Å². The second-order valence-electron chi connectivity index (χ2n) is 5.08. The molecule has 0 saturated carbocycles. The van der Waals surface area contributed by atoms with Crippen molar-refractivity contribution in [1.82, 2.24) is 15.0 Å². The second-order valence-corrected chi connectivity index (χ2v) is 6.43. The number of hydrogen-bond donors (Lipinski definition) is 1. The lowest BCUT2D eigenvalue weighted by molar-refractivity contribution is 0.103. The highest BCUT2D eigenvalue weighted by Gasteiger charge is 2.13. The van der Waals surface area contributed by atoms with Crippen molar-refractivity contribution < 1.29 is 4.79 Å². The number of halogens is 1. The van der Waals surface area contributed by atoms with Crippen LogP contribution >= 0.6 is 22.9 Å². The fraction of sp³-hybridized carbons (Fsp3) is 0. The Labute approximate surface area is 146 Å². The molecule has 118 valence electrons. The number of para-hydroxylation sites is 1. The third-order valence-corrected chi connectivity index (χ3v) is 4.63. The summed E-state index contributed by atoms with van der Waals surface area (Å²) in [6.07, 6.45) is 0. The van der Waals surface area contributed by atoms with E-state index >= 15 is 0 Å². The number of carbonyl (C=O) groups is 1. The molecular formula is C17H11ClN4OS. The third-order valence-electron chi connectivity index (χ3n) is 3.45. The molecule has 0 radical (unpaired) electrons. The summed E-state index contributed by atoms with van der Waals surface area (Å²) in [4.78, 5) is 14.4. The Hall–Kier alpha value is -2.70. The molecular weight excluding hydrogens is 344 g/mol. The Morgan fingerprint density at radius 2 is 1.79 bits per heavy atom. The first kappa shape index (κ1) is 14.9. The molecule has 4 rings (SSSR count). The largest absolute Gasteiger partial charge is 0.320 e. The maximum atomic E-state index is 12.2. The molecule has 0 spiro atoms. The zero-order valence-electron chi connectivity index (χ0n) is 12.3. The summed E-state index contributed by atoms with van der Waals surface area (Å²) >= 11 is 7.65. The Bertz CT molecular complexity index is 1010. The van der Waals surface area contributed by atoms with E-state index in [-0.39, 0.29) is 5.91 Å². The van der Waals surface area contributed by atoms with Crippen LogP contribution in [0.4, 0.5) is 5.69 Å². The summed E-state index contributed by atoms with van der Waals surface area (Å²) in [6.45, 7) is 0. The normalized spacial score (nSPS) is 10.9. The van der Waals surface area contributed by atoms with Gasteiger partial charge in [0.05, 0.1) is 21.3 Å². The van der Waals surface area contributed by atoms with Gasteiger partial charge >= 0.3 is 0 Å². The molecule has 0 saturated heterocycles. The van der Waals surface area contributed by atoms with Gasteiger partial charge < -0.3 is 5.32 Å². The van der Waals surface area contributed by atoms with Crippen LogP contribution < -0.4 is 5.32 Å². The van der Waals surface area contributed by atoms with Crippen LogP contribution in [0.25, 0.3) is 16.7 Å². The summed E-state index contributed by atoms with van der Waals surface area (Å²) in [6, 6.07) is 16.6. The van der Waals surface area contributed by atoms with Crippen molar-refractivity contribution in [2.75, 3.05) is 5.32 Å². The highest BCUT2D eigenvalue weighted by molar-refractivity contribution is 7.12. The fourth-order valence-electron chi connectivity index (χ4n) is 2.30. The van der Waals surface area contributed by atoms with Gasteiger partial charge in [-0.15, -0.1) is 21.5 Å². The van der Waals surface area contributed by atoms with Crippen LogP contribution in [0.1, 0.15) is 9.67 Å². The standard InChI is InChI=1S/C17H11ClN4OS/c18-12-9-14-15(21-22(20-14)11-5-2-1-3-6-11)10-13(12)19-17(23)16-7-4-8-24-16/h1-10H,(H,19,23). The van der Waals surface area contributed by atoms with Gasteiger partial charge in [-0.3, -0.25) is 4.79 Å². The lowest BCUT2D eigenvalue weighted by atomic mass is 10.2. The van der Waals surface area contributed by atoms with Gasteiger partial charge in [0.1, 0.15) is 11.0 Å². The molecule has 0 aliphatic carbocycles. The molecule has 5 nitrogen and oxygen atoms in total. The molecule has 0 aliphatic rings. The first-order chi connectivity index (χ1) is 11.7. The van der Waals surface area contributed by atoms with Gasteiger partial charge in [0.2, 0.25) is 0 Å². The quantitative estimate of drug-likeness (QED) is 0.593. The van der Waals surface area contributed by atoms with Crippen molar-refractivity contribution in [3.8, 4) is 5.69 Å². The van der Waals surface area contributed by atoms with E-state index in [1.165, 1.54) is 11.3 Å². The molecule has 0 atom stereocenters. The monoisotopic (exact) mass is 354 g/mol. The number of nitrogens with one attached hydrogen (secondary N) is 1. The van der Waals surface area contributed by atoms with Crippen molar-refractivity contribution in [3.63, 3.8) is 0 Å². The fourth-order valence-corrected chi connectivity index (χ4v) is 3.13. The van der Waals surface area contributed by atoms with E-state index in [4.69, 9.17) is 11.6 Å². The van der Waals surface area contributed by atoms with Crippen LogP contribution in [0, 0.1) is 0 Å². The smallest absolute Gasteiger partial charge is 0.265 e. The van der Waals surface area contributed by atoms with Crippen LogP contribution in [-0.4, -0.2) is 20.9 Å². The summed E-state index contributed by atoms with van der Waals surface area (Å²) in [5, 5.41) is 14.0. The van der Waals surface area contributed by atoms with Gasteiger partial charge in [0.15, 0.2) is 0 Å². The highest BCUT2D eigenvalue weighted by atomic mass is 35.5. The minimum atomic E-state index is -0.193. The lowest BCUT2D eigenvalue weighted by Crippen LogP contribution is -2.10. The van der Waals surface area contributed by atoms with Crippen LogP contribution in [-0.2, 0) is 0 Å². The van der Waals surface area contributed by atoms with Gasteiger partial charge in [-0.25, -0.2) is 0 Å². The van der Waals surface area contributed by atoms with Crippen molar-refractivity contribution in [1.29, 1.82) is 0 Å². The number of anilines is 1. The average molecular weight is 355 g/mol. The first-order valence-electron chi connectivity index (χ1n) is 7.17. The summed E-state index contributed by atoms with van der Waals surface area (Å²) < 4.78 is 0. The Morgan fingerprint density at radius 3 is 2.50 bits per heavy atom. The third kappa shape index (κ3) is 2.77. The lowest BCUT2D eigenvalue weighted by Gasteiger charge is -2.05. The van der Waals surface area contributed by atoms with Gasteiger partial charge in [0, 0.05) is 0 Å². The number of nitrogens with zero attached hydrogens (tertiary/aromatic N) is 3. The molecule has 2 heterocycles.